The minimum absolute atomic E-state index is 0.00689. The zero-order valence-corrected chi connectivity index (χ0v) is 16.2. The molecule has 150 valence electrons. The van der Waals surface area contributed by atoms with Crippen molar-refractivity contribution in [2.75, 3.05) is 13.7 Å². The van der Waals surface area contributed by atoms with Crippen molar-refractivity contribution in [2.24, 2.45) is 11.8 Å². The van der Waals surface area contributed by atoms with Gasteiger partial charge in [-0.05, 0) is 44.0 Å². The fraction of sp³-hybridized carbons (Fsp3) is 0.524. The van der Waals surface area contributed by atoms with Crippen molar-refractivity contribution in [1.29, 1.82) is 0 Å². The van der Waals surface area contributed by atoms with Crippen molar-refractivity contribution < 1.29 is 28.7 Å². The van der Waals surface area contributed by atoms with Crippen LogP contribution in [-0.4, -0.2) is 48.2 Å². The summed E-state index contributed by atoms with van der Waals surface area (Å²) < 4.78 is 10.3. The number of esters is 1. The molecule has 1 aliphatic heterocycles. The summed E-state index contributed by atoms with van der Waals surface area (Å²) in [7, 11) is 1.53. The van der Waals surface area contributed by atoms with Gasteiger partial charge in [0.25, 0.3) is 0 Å². The molecule has 2 aliphatic rings. The predicted octanol–water partition coefficient (Wildman–Crippen LogP) is 2.37. The van der Waals surface area contributed by atoms with Crippen LogP contribution in [0.5, 0.6) is 5.75 Å². The molecule has 28 heavy (non-hydrogen) atoms. The second-order valence-corrected chi connectivity index (χ2v) is 7.30. The molecule has 1 aromatic carbocycles. The number of nitrogens with zero attached hydrogens (tertiary/aromatic N) is 1. The van der Waals surface area contributed by atoms with Crippen LogP contribution in [0.1, 0.15) is 49.4 Å². The Labute approximate surface area is 164 Å². The number of hydrogen-bond donors (Lipinski definition) is 0. The zero-order valence-electron chi connectivity index (χ0n) is 16.2. The van der Waals surface area contributed by atoms with Crippen LogP contribution in [0.3, 0.4) is 0 Å². The normalized spacial score (nSPS) is 22.6. The molecule has 1 aromatic rings. The Morgan fingerprint density at radius 2 is 1.64 bits per heavy atom. The molecule has 1 saturated carbocycles. The summed E-state index contributed by atoms with van der Waals surface area (Å²) in [4.78, 5) is 50.5. The summed E-state index contributed by atoms with van der Waals surface area (Å²) >= 11 is 0. The minimum Gasteiger partial charge on any atom is -0.497 e. The average molecular weight is 387 g/mol. The van der Waals surface area contributed by atoms with Crippen LogP contribution >= 0.6 is 0 Å². The van der Waals surface area contributed by atoms with E-state index in [1.54, 1.807) is 24.3 Å². The Bertz CT molecular complexity index is 748. The number of rotatable bonds is 7. The molecule has 0 aromatic heterocycles. The van der Waals surface area contributed by atoms with E-state index in [1.165, 1.54) is 18.9 Å². The van der Waals surface area contributed by atoms with E-state index in [4.69, 9.17) is 9.47 Å². The Morgan fingerprint density at radius 3 is 2.18 bits per heavy atom. The topological polar surface area (TPSA) is 90.0 Å². The van der Waals surface area contributed by atoms with E-state index >= 15 is 0 Å². The second-order valence-electron chi connectivity index (χ2n) is 7.30. The van der Waals surface area contributed by atoms with E-state index < -0.39 is 12.1 Å². The van der Waals surface area contributed by atoms with Gasteiger partial charge in [-0.15, -0.1) is 0 Å². The number of amides is 2. The maximum Gasteiger partial charge on any atom is 0.308 e. The van der Waals surface area contributed by atoms with E-state index in [2.05, 4.69) is 0 Å². The van der Waals surface area contributed by atoms with E-state index in [0.717, 1.165) is 25.7 Å². The van der Waals surface area contributed by atoms with Gasteiger partial charge in [-0.3, -0.25) is 24.1 Å². The highest BCUT2D eigenvalue weighted by atomic mass is 16.5. The van der Waals surface area contributed by atoms with Crippen LogP contribution in [-0.2, 0) is 19.1 Å². The van der Waals surface area contributed by atoms with Gasteiger partial charge in [0, 0.05) is 12.1 Å². The summed E-state index contributed by atoms with van der Waals surface area (Å²) in [5.41, 5.74) is 0.412. The van der Waals surface area contributed by atoms with Crippen LogP contribution in [0.15, 0.2) is 24.3 Å². The number of Topliss-reactive ketones (excluding diaryl/α,β-unsaturated/α-hetero) is 1. The Balaban J connectivity index is 1.51. The molecule has 0 radical (unpaired) electrons. The number of benzene rings is 1. The first-order valence-electron chi connectivity index (χ1n) is 9.65. The second kappa shape index (κ2) is 8.54. The fourth-order valence-electron chi connectivity index (χ4n) is 3.95. The van der Waals surface area contributed by atoms with Crippen LogP contribution < -0.4 is 4.74 Å². The first-order valence-corrected chi connectivity index (χ1v) is 9.65. The largest absolute Gasteiger partial charge is 0.497 e. The molecule has 7 heteroatoms. The SMILES string of the molecule is COc1ccc(C(=O)[C@@H](C)OC(=O)CCN2C(=O)[C@H]3CCCC[C@H]3C2=O)cc1. The maximum absolute atomic E-state index is 12.4. The molecule has 3 atom stereocenters. The molecule has 2 amide bonds. The lowest BCUT2D eigenvalue weighted by atomic mass is 9.81. The fourth-order valence-corrected chi connectivity index (χ4v) is 3.95. The Morgan fingerprint density at radius 1 is 1.07 bits per heavy atom. The first-order chi connectivity index (χ1) is 13.4. The van der Waals surface area contributed by atoms with E-state index in [0.29, 0.717) is 11.3 Å². The number of ether oxygens (including phenoxy) is 2. The lowest BCUT2D eigenvalue weighted by molar-refractivity contribution is -0.147. The van der Waals surface area contributed by atoms with Gasteiger partial charge >= 0.3 is 5.97 Å². The number of likely N-dealkylation sites (tertiary alicyclic amines) is 1. The molecule has 1 saturated heterocycles. The molecule has 1 heterocycles. The number of imide groups is 1. The van der Waals surface area contributed by atoms with Gasteiger partial charge in [-0.1, -0.05) is 12.8 Å². The third-order valence-corrected chi connectivity index (χ3v) is 5.52. The molecule has 0 unspecified atom stereocenters. The van der Waals surface area contributed by atoms with Gasteiger partial charge in [-0.25, -0.2) is 0 Å². The van der Waals surface area contributed by atoms with Gasteiger partial charge < -0.3 is 9.47 Å². The maximum atomic E-state index is 12.4. The van der Waals surface area contributed by atoms with Crippen LogP contribution in [0.4, 0.5) is 0 Å². The molecular weight excluding hydrogens is 362 g/mol. The Hall–Kier alpha value is -2.70. The monoisotopic (exact) mass is 387 g/mol. The smallest absolute Gasteiger partial charge is 0.308 e. The van der Waals surface area contributed by atoms with Crippen molar-refractivity contribution in [1.82, 2.24) is 4.90 Å². The molecule has 2 fully saturated rings. The van der Waals surface area contributed by atoms with Crippen LogP contribution in [0.2, 0.25) is 0 Å². The number of fused-ring (bicyclic) bond motifs is 1. The molecule has 7 nitrogen and oxygen atoms in total. The highest BCUT2D eigenvalue weighted by molar-refractivity contribution is 6.05. The van der Waals surface area contributed by atoms with Crippen molar-refractivity contribution in [3.05, 3.63) is 29.8 Å². The Kier molecular flexibility index (Phi) is 6.11. The lowest BCUT2D eigenvalue weighted by Gasteiger charge is -2.19. The number of hydrogen-bond acceptors (Lipinski definition) is 6. The van der Waals surface area contributed by atoms with Crippen molar-refractivity contribution >= 4 is 23.6 Å². The first kappa shape index (κ1) is 20.0. The summed E-state index contributed by atoms with van der Waals surface area (Å²) in [6.45, 7) is 1.51. The molecular formula is C21H25NO6. The van der Waals surface area contributed by atoms with Crippen LogP contribution in [0, 0.1) is 11.8 Å². The van der Waals surface area contributed by atoms with Gasteiger partial charge in [0.2, 0.25) is 17.6 Å². The zero-order chi connectivity index (χ0) is 20.3. The van der Waals surface area contributed by atoms with Crippen molar-refractivity contribution in [3.63, 3.8) is 0 Å². The van der Waals surface area contributed by atoms with Crippen LogP contribution in [0.25, 0.3) is 0 Å². The van der Waals surface area contributed by atoms with Gasteiger partial charge in [-0.2, -0.15) is 0 Å². The number of methoxy groups -OCH3 is 1. The van der Waals surface area contributed by atoms with Crippen molar-refractivity contribution in [2.45, 2.75) is 45.1 Å². The minimum atomic E-state index is -0.951. The summed E-state index contributed by atoms with van der Waals surface area (Å²) in [6, 6.07) is 6.53. The van der Waals surface area contributed by atoms with Gasteiger partial charge in [0.1, 0.15) is 5.75 Å². The van der Waals surface area contributed by atoms with Crippen molar-refractivity contribution in [3.8, 4) is 5.75 Å². The third-order valence-electron chi connectivity index (χ3n) is 5.52. The van der Waals surface area contributed by atoms with E-state index in [9.17, 15) is 19.2 Å². The highest BCUT2D eigenvalue weighted by Gasteiger charge is 2.47. The number of ketones is 1. The standard InChI is InChI=1S/C21H25NO6/c1-13(19(24)14-7-9-15(27-2)10-8-14)28-18(23)11-12-22-20(25)16-5-3-4-6-17(16)21(22)26/h7-10,13,16-17H,3-6,11-12H2,1-2H3/t13-,16-,17+/m1/s1. The van der Waals surface area contributed by atoms with E-state index in [-0.39, 0.29) is 42.4 Å². The summed E-state index contributed by atoms with van der Waals surface area (Å²) in [5, 5.41) is 0. The molecule has 3 rings (SSSR count). The van der Waals surface area contributed by atoms with E-state index in [1.807, 2.05) is 0 Å². The number of carbonyl (C=O) groups excluding carboxylic acids is 4. The molecule has 0 spiro atoms. The van der Waals surface area contributed by atoms with Gasteiger partial charge in [0.15, 0.2) is 6.10 Å². The summed E-state index contributed by atoms with van der Waals surface area (Å²) in [5.74, 6) is -1.11. The molecule has 0 N–H and O–H groups in total. The third kappa shape index (κ3) is 4.08. The number of carbonyl (C=O) groups is 4. The highest BCUT2D eigenvalue weighted by Crippen LogP contribution is 2.37. The summed E-state index contributed by atoms with van der Waals surface area (Å²) in [6.07, 6.45) is 2.33. The van der Waals surface area contributed by atoms with Gasteiger partial charge in [0.05, 0.1) is 25.4 Å². The predicted molar refractivity (Wildman–Crippen MR) is 99.7 cm³/mol. The average Bonchev–Trinajstić information content (AvgIpc) is 2.96. The molecule has 0 bridgehead atoms. The molecule has 1 aliphatic carbocycles. The lowest BCUT2D eigenvalue weighted by Crippen LogP contribution is -2.34. The quantitative estimate of drug-likeness (QED) is 0.405.